The van der Waals surface area contributed by atoms with Gasteiger partial charge in [0.25, 0.3) is 0 Å². The van der Waals surface area contributed by atoms with Gasteiger partial charge in [-0.3, -0.25) is 0 Å². The summed E-state index contributed by atoms with van der Waals surface area (Å²) in [5.74, 6) is 0.877. The average Bonchev–Trinajstić information content (AvgIpc) is 2.89. The number of rotatable bonds is 2. The Hall–Kier alpha value is -1.62. The van der Waals surface area contributed by atoms with E-state index in [1.165, 1.54) is 0 Å². The van der Waals surface area contributed by atoms with E-state index < -0.39 is 0 Å². The lowest BCUT2D eigenvalue weighted by Crippen LogP contribution is -2.27. The number of aromatic nitrogens is 3. The van der Waals surface area contributed by atoms with E-state index in [1.54, 1.807) is 12.4 Å². The zero-order chi connectivity index (χ0) is 11.0. The van der Waals surface area contributed by atoms with Gasteiger partial charge in [0.1, 0.15) is 5.52 Å². The van der Waals surface area contributed by atoms with Crippen molar-refractivity contribution >= 4 is 11.3 Å². The Balaban J connectivity index is 1.91. The lowest BCUT2D eigenvalue weighted by atomic mass is 10.1. The summed E-state index contributed by atoms with van der Waals surface area (Å²) in [4.78, 5) is 4.35. The van der Waals surface area contributed by atoms with Crippen molar-refractivity contribution in [3.8, 4) is 0 Å². The molecule has 5 nitrogen and oxygen atoms in total. The van der Waals surface area contributed by atoms with E-state index in [0.717, 1.165) is 24.4 Å². The summed E-state index contributed by atoms with van der Waals surface area (Å²) < 4.78 is 7.33. The van der Waals surface area contributed by atoms with E-state index in [1.807, 2.05) is 16.8 Å². The van der Waals surface area contributed by atoms with Crippen LogP contribution in [0.25, 0.3) is 5.52 Å². The first-order valence-corrected chi connectivity index (χ1v) is 5.51. The maximum atomic E-state index is 5.52. The Labute approximate surface area is 93.4 Å². The third-order valence-corrected chi connectivity index (χ3v) is 3.02. The lowest BCUT2D eigenvalue weighted by molar-refractivity contribution is 0.121. The summed E-state index contributed by atoms with van der Waals surface area (Å²) in [6.45, 7) is 2.91. The molecule has 1 N–H and O–H groups in total. The first-order valence-electron chi connectivity index (χ1n) is 5.51. The second-order valence-electron chi connectivity index (χ2n) is 4.05. The van der Waals surface area contributed by atoms with Gasteiger partial charge in [-0.25, -0.2) is 9.50 Å². The molecule has 3 heterocycles. The van der Waals surface area contributed by atoms with Gasteiger partial charge >= 0.3 is 0 Å². The standard InChI is InChI=1S/C11H14N4O/c1-8-9(3-7-16-8)14-11-10-2-4-13-15(10)6-5-12-11/h2,4-6,8-9H,3,7H2,1H3,(H,12,14). The van der Waals surface area contributed by atoms with Crippen molar-refractivity contribution in [1.29, 1.82) is 0 Å². The molecule has 84 valence electrons. The molecule has 0 radical (unpaired) electrons. The van der Waals surface area contributed by atoms with Crippen LogP contribution >= 0.6 is 0 Å². The van der Waals surface area contributed by atoms with Gasteiger partial charge in [0.2, 0.25) is 0 Å². The molecule has 16 heavy (non-hydrogen) atoms. The lowest BCUT2D eigenvalue weighted by Gasteiger charge is -2.16. The maximum absolute atomic E-state index is 5.52. The zero-order valence-corrected chi connectivity index (χ0v) is 9.13. The van der Waals surface area contributed by atoms with Crippen LogP contribution in [-0.4, -0.2) is 33.4 Å². The summed E-state index contributed by atoms with van der Waals surface area (Å²) in [7, 11) is 0. The Morgan fingerprint density at radius 1 is 1.50 bits per heavy atom. The van der Waals surface area contributed by atoms with Crippen LogP contribution < -0.4 is 5.32 Å². The number of hydrogen-bond acceptors (Lipinski definition) is 4. The third-order valence-electron chi connectivity index (χ3n) is 3.02. The van der Waals surface area contributed by atoms with Gasteiger partial charge in [-0.15, -0.1) is 0 Å². The van der Waals surface area contributed by atoms with Gasteiger partial charge in [-0.2, -0.15) is 5.10 Å². The van der Waals surface area contributed by atoms with Gasteiger partial charge in [-0.1, -0.05) is 0 Å². The SMILES string of the molecule is CC1OCCC1Nc1nccn2nccc12. The molecule has 1 fully saturated rings. The van der Waals surface area contributed by atoms with Crippen LogP contribution in [0.4, 0.5) is 5.82 Å². The molecule has 0 aromatic carbocycles. The first-order chi connectivity index (χ1) is 7.84. The van der Waals surface area contributed by atoms with Crippen LogP contribution in [0.5, 0.6) is 0 Å². The maximum Gasteiger partial charge on any atom is 0.152 e. The van der Waals surface area contributed by atoms with Crippen molar-refractivity contribution in [2.45, 2.75) is 25.5 Å². The number of anilines is 1. The molecule has 1 saturated heterocycles. The van der Waals surface area contributed by atoms with Crippen LogP contribution in [0.2, 0.25) is 0 Å². The predicted octanol–water partition coefficient (Wildman–Crippen LogP) is 1.32. The van der Waals surface area contributed by atoms with Gasteiger partial charge in [0, 0.05) is 19.0 Å². The number of nitrogens with zero attached hydrogens (tertiary/aromatic N) is 3. The minimum Gasteiger partial charge on any atom is -0.376 e. The van der Waals surface area contributed by atoms with Gasteiger partial charge in [0.05, 0.1) is 18.3 Å². The van der Waals surface area contributed by atoms with Gasteiger partial charge in [-0.05, 0) is 19.4 Å². The Bertz CT molecular complexity index is 495. The Morgan fingerprint density at radius 3 is 3.25 bits per heavy atom. The second-order valence-corrected chi connectivity index (χ2v) is 4.05. The smallest absolute Gasteiger partial charge is 0.152 e. The van der Waals surface area contributed by atoms with E-state index in [0.29, 0.717) is 6.04 Å². The summed E-state index contributed by atoms with van der Waals surface area (Å²) >= 11 is 0. The molecule has 2 aromatic rings. The second kappa shape index (κ2) is 3.75. The normalized spacial score (nSPS) is 25.1. The third kappa shape index (κ3) is 1.53. The van der Waals surface area contributed by atoms with Crippen LogP contribution in [0.15, 0.2) is 24.7 Å². The van der Waals surface area contributed by atoms with Crippen LogP contribution in [-0.2, 0) is 4.74 Å². The first kappa shape index (κ1) is 9.59. The molecule has 0 aliphatic carbocycles. The van der Waals surface area contributed by atoms with Crippen LogP contribution in [0.1, 0.15) is 13.3 Å². The fourth-order valence-electron chi connectivity index (χ4n) is 2.07. The minimum absolute atomic E-state index is 0.241. The molecule has 0 bridgehead atoms. The molecule has 5 heteroatoms. The monoisotopic (exact) mass is 218 g/mol. The summed E-state index contributed by atoms with van der Waals surface area (Å²) in [6.07, 6.45) is 6.64. The number of hydrogen-bond donors (Lipinski definition) is 1. The van der Waals surface area contributed by atoms with Crippen molar-refractivity contribution < 1.29 is 4.74 Å². The van der Waals surface area contributed by atoms with Crippen molar-refractivity contribution in [2.75, 3.05) is 11.9 Å². The van der Waals surface area contributed by atoms with Crippen molar-refractivity contribution in [3.63, 3.8) is 0 Å². The molecular formula is C11H14N4O. The average molecular weight is 218 g/mol. The highest BCUT2D eigenvalue weighted by molar-refractivity contribution is 5.67. The molecule has 2 aromatic heterocycles. The molecule has 2 atom stereocenters. The summed E-state index contributed by atoms with van der Waals surface area (Å²) in [5, 5.41) is 7.60. The molecule has 1 aliphatic heterocycles. The molecule has 0 spiro atoms. The zero-order valence-electron chi connectivity index (χ0n) is 9.13. The van der Waals surface area contributed by atoms with E-state index in [2.05, 4.69) is 22.3 Å². The highest BCUT2D eigenvalue weighted by Crippen LogP contribution is 2.20. The van der Waals surface area contributed by atoms with Crippen LogP contribution in [0, 0.1) is 0 Å². The molecule has 3 rings (SSSR count). The summed E-state index contributed by atoms with van der Waals surface area (Å²) in [6, 6.07) is 2.30. The number of ether oxygens (including phenoxy) is 1. The van der Waals surface area contributed by atoms with E-state index in [9.17, 15) is 0 Å². The van der Waals surface area contributed by atoms with Gasteiger partial charge in [0.15, 0.2) is 5.82 Å². The summed E-state index contributed by atoms with van der Waals surface area (Å²) in [5.41, 5.74) is 1.00. The highest BCUT2D eigenvalue weighted by Gasteiger charge is 2.24. The van der Waals surface area contributed by atoms with Crippen molar-refractivity contribution in [3.05, 3.63) is 24.7 Å². The predicted molar refractivity (Wildman–Crippen MR) is 60.4 cm³/mol. The Morgan fingerprint density at radius 2 is 2.44 bits per heavy atom. The number of fused-ring (bicyclic) bond motifs is 1. The molecule has 2 unspecified atom stereocenters. The number of nitrogens with one attached hydrogen (secondary N) is 1. The fraction of sp³-hybridized carbons (Fsp3) is 0.455. The van der Waals surface area contributed by atoms with Crippen molar-refractivity contribution in [1.82, 2.24) is 14.6 Å². The van der Waals surface area contributed by atoms with Gasteiger partial charge < -0.3 is 10.1 Å². The largest absolute Gasteiger partial charge is 0.376 e. The van der Waals surface area contributed by atoms with E-state index in [4.69, 9.17) is 4.74 Å². The van der Waals surface area contributed by atoms with Crippen LogP contribution in [0.3, 0.4) is 0 Å². The molecular weight excluding hydrogens is 204 g/mol. The van der Waals surface area contributed by atoms with E-state index in [-0.39, 0.29) is 6.10 Å². The quantitative estimate of drug-likeness (QED) is 0.826. The van der Waals surface area contributed by atoms with E-state index >= 15 is 0 Å². The van der Waals surface area contributed by atoms with Crippen molar-refractivity contribution in [2.24, 2.45) is 0 Å². The fourth-order valence-corrected chi connectivity index (χ4v) is 2.07. The topological polar surface area (TPSA) is 51.5 Å². The molecule has 0 amide bonds. The molecule has 0 saturated carbocycles. The minimum atomic E-state index is 0.241. The highest BCUT2D eigenvalue weighted by atomic mass is 16.5. The Kier molecular flexibility index (Phi) is 2.25. The molecule has 1 aliphatic rings.